The zero-order valence-corrected chi connectivity index (χ0v) is 14.0. The van der Waals surface area contributed by atoms with E-state index in [1.807, 2.05) is 0 Å². The fourth-order valence-electron chi connectivity index (χ4n) is 2.39. The van der Waals surface area contributed by atoms with Crippen molar-refractivity contribution in [3.05, 3.63) is 40.9 Å². The van der Waals surface area contributed by atoms with Crippen molar-refractivity contribution in [2.45, 2.75) is 19.9 Å². The highest BCUT2D eigenvalue weighted by Gasteiger charge is 2.21. The van der Waals surface area contributed by atoms with E-state index in [2.05, 4.69) is 15.3 Å². The third-order valence-corrected chi connectivity index (χ3v) is 3.73. The zero-order chi connectivity index (χ0) is 18.0. The normalized spacial score (nSPS) is 12.1. The van der Waals surface area contributed by atoms with Crippen LogP contribution in [0.25, 0.3) is 16.9 Å². The van der Waals surface area contributed by atoms with Gasteiger partial charge in [-0.25, -0.2) is 9.78 Å². The van der Waals surface area contributed by atoms with Crippen LogP contribution in [0.1, 0.15) is 19.9 Å². The number of nitrogens with zero attached hydrogens (tertiary/aromatic N) is 5. The van der Waals surface area contributed by atoms with Crippen molar-refractivity contribution in [1.29, 1.82) is 0 Å². The summed E-state index contributed by atoms with van der Waals surface area (Å²) in [7, 11) is 1.56. The van der Waals surface area contributed by atoms with Crippen LogP contribution in [0.5, 0.6) is 5.75 Å². The molecule has 2 heterocycles. The van der Waals surface area contributed by atoms with Crippen molar-refractivity contribution >= 4 is 17.1 Å². The second-order valence-corrected chi connectivity index (χ2v) is 5.26. The fourth-order valence-corrected chi connectivity index (χ4v) is 2.39. The van der Waals surface area contributed by atoms with Crippen LogP contribution in [0.4, 0.5) is 0 Å². The lowest BCUT2D eigenvalue weighted by Crippen LogP contribution is -2.29. The minimum atomic E-state index is -0.800. The molecule has 2 aromatic heterocycles. The second-order valence-electron chi connectivity index (χ2n) is 5.26. The standard InChI is InChI=1S/C16H17N5O4/c1-4-25-16(23)10(2)20-9-17-14-13(15(20)22)18-19-21(14)11-6-5-7-12(8-11)24-3/h5-10H,4H2,1-3H3/t10-/m1/s1. The molecule has 0 amide bonds. The molecule has 0 bridgehead atoms. The molecule has 0 saturated carbocycles. The van der Waals surface area contributed by atoms with Crippen molar-refractivity contribution in [3.63, 3.8) is 0 Å². The average molecular weight is 343 g/mol. The summed E-state index contributed by atoms with van der Waals surface area (Å²) in [5.74, 6) is 0.136. The molecule has 0 aliphatic heterocycles. The third kappa shape index (κ3) is 2.95. The van der Waals surface area contributed by atoms with Gasteiger partial charge in [0.05, 0.1) is 19.4 Å². The maximum absolute atomic E-state index is 12.6. The molecule has 3 rings (SSSR count). The second kappa shape index (κ2) is 6.71. The van der Waals surface area contributed by atoms with Crippen molar-refractivity contribution in [2.75, 3.05) is 13.7 Å². The molecule has 0 fully saturated rings. The molecule has 25 heavy (non-hydrogen) atoms. The predicted molar refractivity (Wildman–Crippen MR) is 88.8 cm³/mol. The lowest BCUT2D eigenvalue weighted by molar-refractivity contribution is -0.146. The number of ether oxygens (including phenoxy) is 2. The smallest absolute Gasteiger partial charge is 0.328 e. The van der Waals surface area contributed by atoms with Crippen LogP contribution in [0.15, 0.2) is 35.4 Å². The Morgan fingerprint density at radius 3 is 2.88 bits per heavy atom. The Kier molecular flexibility index (Phi) is 4.46. The summed E-state index contributed by atoms with van der Waals surface area (Å²) >= 11 is 0. The number of benzene rings is 1. The number of fused-ring (bicyclic) bond motifs is 1. The molecule has 0 N–H and O–H groups in total. The van der Waals surface area contributed by atoms with E-state index in [0.717, 1.165) is 0 Å². The van der Waals surface area contributed by atoms with E-state index < -0.39 is 17.6 Å². The van der Waals surface area contributed by atoms with Crippen LogP contribution in [-0.4, -0.2) is 44.2 Å². The van der Waals surface area contributed by atoms with Crippen molar-refractivity contribution in [3.8, 4) is 11.4 Å². The molecule has 0 aliphatic rings. The molecule has 0 spiro atoms. The molecule has 130 valence electrons. The average Bonchev–Trinajstić information content (AvgIpc) is 3.06. The number of aromatic nitrogens is 5. The van der Waals surface area contributed by atoms with Gasteiger partial charge >= 0.3 is 5.97 Å². The highest BCUT2D eigenvalue weighted by atomic mass is 16.5. The summed E-state index contributed by atoms with van der Waals surface area (Å²) in [6.45, 7) is 3.51. The Hall–Kier alpha value is -3.23. The largest absolute Gasteiger partial charge is 0.497 e. The van der Waals surface area contributed by atoms with Crippen molar-refractivity contribution in [1.82, 2.24) is 24.5 Å². The molecular weight excluding hydrogens is 326 g/mol. The molecule has 0 radical (unpaired) electrons. The summed E-state index contributed by atoms with van der Waals surface area (Å²) in [5.41, 5.74) is 0.566. The van der Waals surface area contributed by atoms with Crippen molar-refractivity contribution < 1.29 is 14.3 Å². The van der Waals surface area contributed by atoms with E-state index in [1.54, 1.807) is 45.2 Å². The number of esters is 1. The molecule has 0 unspecified atom stereocenters. The number of hydrogen-bond donors (Lipinski definition) is 0. The number of hydrogen-bond acceptors (Lipinski definition) is 7. The van der Waals surface area contributed by atoms with Gasteiger partial charge < -0.3 is 9.47 Å². The molecule has 9 nitrogen and oxygen atoms in total. The lowest BCUT2D eigenvalue weighted by Gasteiger charge is -2.12. The van der Waals surface area contributed by atoms with Crippen LogP contribution in [0.3, 0.4) is 0 Å². The molecule has 0 saturated heterocycles. The number of carbonyl (C=O) groups is 1. The molecule has 1 atom stereocenters. The van der Waals surface area contributed by atoms with Crippen LogP contribution in [0.2, 0.25) is 0 Å². The molecule has 3 aromatic rings. The number of rotatable bonds is 5. The first-order valence-electron chi connectivity index (χ1n) is 7.70. The predicted octanol–water partition coefficient (Wildman–Crippen LogP) is 1.11. The Bertz CT molecular complexity index is 978. The Balaban J connectivity index is 2.08. The maximum Gasteiger partial charge on any atom is 0.328 e. The molecular formula is C16H17N5O4. The topological polar surface area (TPSA) is 101 Å². The van der Waals surface area contributed by atoms with Crippen LogP contribution < -0.4 is 10.3 Å². The van der Waals surface area contributed by atoms with Crippen molar-refractivity contribution in [2.24, 2.45) is 0 Å². The van der Waals surface area contributed by atoms with Gasteiger partial charge in [0.15, 0.2) is 11.2 Å². The van der Waals surface area contributed by atoms with E-state index in [9.17, 15) is 9.59 Å². The summed E-state index contributed by atoms with van der Waals surface area (Å²) < 4.78 is 12.8. The van der Waals surface area contributed by atoms with Gasteiger partial charge in [0, 0.05) is 6.07 Å². The minimum Gasteiger partial charge on any atom is -0.497 e. The van der Waals surface area contributed by atoms with Gasteiger partial charge in [0.2, 0.25) is 0 Å². The lowest BCUT2D eigenvalue weighted by atomic mass is 10.3. The molecule has 1 aromatic carbocycles. The quantitative estimate of drug-likeness (QED) is 0.640. The SMILES string of the molecule is CCOC(=O)[C@@H](C)n1cnc2c(nnn2-c2cccc(OC)c2)c1=O. The summed E-state index contributed by atoms with van der Waals surface area (Å²) in [6.07, 6.45) is 1.30. The first-order valence-corrected chi connectivity index (χ1v) is 7.70. The Morgan fingerprint density at radius 2 is 2.16 bits per heavy atom. The Morgan fingerprint density at radius 1 is 1.36 bits per heavy atom. The van der Waals surface area contributed by atoms with E-state index >= 15 is 0 Å². The minimum absolute atomic E-state index is 0.0708. The molecule has 9 heteroatoms. The summed E-state index contributed by atoms with van der Waals surface area (Å²) in [5, 5.41) is 7.93. The van der Waals surface area contributed by atoms with E-state index in [-0.39, 0.29) is 12.1 Å². The van der Waals surface area contributed by atoms with Gasteiger partial charge in [-0.05, 0) is 26.0 Å². The fraction of sp³-hybridized carbons (Fsp3) is 0.312. The molecule has 0 aliphatic carbocycles. The van der Waals surface area contributed by atoms with E-state index in [1.165, 1.54) is 15.6 Å². The number of methoxy groups -OCH3 is 1. The highest BCUT2D eigenvalue weighted by molar-refractivity contribution is 5.75. The van der Waals surface area contributed by atoms with Crippen LogP contribution in [0, 0.1) is 0 Å². The van der Waals surface area contributed by atoms with E-state index in [4.69, 9.17) is 9.47 Å². The maximum atomic E-state index is 12.6. The van der Waals surface area contributed by atoms with Gasteiger partial charge in [-0.2, -0.15) is 4.68 Å². The van der Waals surface area contributed by atoms with Crippen LogP contribution in [-0.2, 0) is 9.53 Å². The first kappa shape index (κ1) is 16.6. The Labute approximate surface area is 142 Å². The highest BCUT2D eigenvalue weighted by Crippen LogP contribution is 2.18. The van der Waals surface area contributed by atoms with Crippen LogP contribution >= 0.6 is 0 Å². The first-order chi connectivity index (χ1) is 12.1. The van der Waals surface area contributed by atoms with E-state index in [0.29, 0.717) is 17.1 Å². The zero-order valence-electron chi connectivity index (χ0n) is 14.0. The summed E-state index contributed by atoms with van der Waals surface area (Å²) in [4.78, 5) is 28.7. The van der Waals surface area contributed by atoms with Gasteiger partial charge in [0.25, 0.3) is 5.56 Å². The number of carbonyl (C=O) groups excluding carboxylic acids is 1. The monoisotopic (exact) mass is 343 g/mol. The van der Waals surface area contributed by atoms with Gasteiger partial charge in [-0.15, -0.1) is 5.10 Å². The van der Waals surface area contributed by atoms with Gasteiger partial charge in [0.1, 0.15) is 18.1 Å². The summed E-state index contributed by atoms with van der Waals surface area (Å²) in [6, 6.07) is 6.34. The third-order valence-electron chi connectivity index (χ3n) is 3.73. The van der Waals surface area contributed by atoms with Gasteiger partial charge in [-0.3, -0.25) is 9.36 Å². The van der Waals surface area contributed by atoms with Gasteiger partial charge in [-0.1, -0.05) is 11.3 Å².